The van der Waals surface area contributed by atoms with Gasteiger partial charge in [-0.15, -0.1) is 0 Å². The van der Waals surface area contributed by atoms with E-state index in [1.54, 1.807) is 7.11 Å². The zero-order valence-corrected chi connectivity index (χ0v) is 11.3. The van der Waals surface area contributed by atoms with Gasteiger partial charge in [0.1, 0.15) is 5.75 Å². The maximum absolute atomic E-state index is 12.0. The summed E-state index contributed by atoms with van der Waals surface area (Å²) in [5.41, 5.74) is 2.64. The van der Waals surface area contributed by atoms with Crippen LogP contribution in [0.25, 0.3) is 0 Å². The first-order valence-corrected chi connectivity index (χ1v) is 5.95. The summed E-state index contributed by atoms with van der Waals surface area (Å²) in [5, 5.41) is 2.97. The molecule has 0 aromatic heterocycles. The van der Waals surface area contributed by atoms with Crippen LogP contribution in [0.3, 0.4) is 0 Å². The third-order valence-corrected chi connectivity index (χ3v) is 2.98. The van der Waals surface area contributed by atoms with E-state index >= 15 is 0 Å². The van der Waals surface area contributed by atoms with Crippen molar-refractivity contribution < 1.29 is 9.53 Å². The zero-order valence-electron chi connectivity index (χ0n) is 11.3. The maximum atomic E-state index is 12.0. The van der Waals surface area contributed by atoms with Gasteiger partial charge in [-0.3, -0.25) is 4.79 Å². The van der Waals surface area contributed by atoms with Crippen LogP contribution in [0.15, 0.2) is 12.1 Å². The summed E-state index contributed by atoms with van der Waals surface area (Å²) < 4.78 is 5.23. The van der Waals surface area contributed by atoms with Gasteiger partial charge in [0.15, 0.2) is 0 Å². The monoisotopic (exact) mass is 235 g/mol. The number of ether oxygens (including phenoxy) is 1. The van der Waals surface area contributed by atoms with Crippen LogP contribution in [0.5, 0.6) is 5.75 Å². The third-order valence-electron chi connectivity index (χ3n) is 2.98. The molecule has 1 aromatic rings. The van der Waals surface area contributed by atoms with Crippen LogP contribution < -0.4 is 10.1 Å². The highest BCUT2D eigenvalue weighted by atomic mass is 16.5. The molecular weight excluding hydrogens is 214 g/mol. The van der Waals surface area contributed by atoms with Gasteiger partial charge in [0.2, 0.25) is 0 Å². The third kappa shape index (κ3) is 3.22. The van der Waals surface area contributed by atoms with E-state index in [9.17, 15) is 4.79 Å². The molecule has 0 saturated heterocycles. The summed E-state index contributed by atoms with van der Waals surface area (Å²) in [4.78, 5) is 12.0. The minimum absolute atomic E-state index is 0.0115. The minimum Gasteiger partial charge on any atom is -0.496 e. The van der Waals surface area contributed by atoms with Crippen molar-refractivity contribution in [3.63, 3.8) is 0 Å². The summed E-state index contributed by atoms with van der Waals surface area (Å²) in [6, 6.07) is 3.98. The molecule has 0 aliphatic carbocycles. The molecule has 17 heavy (non-hydrogen) atoms. The number of methoxy groups -OCH3 is 1. The summed E-state index contributed by atoms with van der Waals surface area (Å²) in [7, 11) is 1.64. The molecule has 0 aliphatic rings. The molecule has 1 unspecified atom stereocenters. The van der Waals surface area contributed by atoms with Crippen LogP contribution in [-0.2, 0) is 0 Å². The molecule has 1 amide bonds. The van der Waals surface area contributed by atoms with Crippen LogP contribution in [0.4, 0.5) is 0 Å². The van der Waals surface area contributed by atoms with Crippen molar-refractivity contribution in [3.8, 4) is 5.75 Å². The fraction of sp³-hybridized carbons (Fsp3) is 0.500. The number of carbonyl (C=O) groups excluding carboxylic acids is 1. The van der Waals surface area contributed by atoms with Gasteiger partial charge in [0, 0.05) is 11.6 Å². The number of benzene rings is 1. The molecule has 0 aliphatic heterocycles. The van der Waals surface area contributed by atoms with Crippen molar-refractivity contribution >= 4 is 5.91 Å². The summed E-state index contributed by atoms with van der Waals surface area (Å²) in [6.45, 7) is 7.92. The van der Waals surface area contributed by atoms with Gasteiger partial charge in [0.05, 0.1) is 7.11 Å². The van der Waals surface area contributed by atoms with E-state index in [-0.39, 0.29) is 11.9 Å². The SMILES string of the molecule is CCC(C)NC(=O)c1cc(C)c(OC)cc1C. The van der Waals surface area contributed by atoms with Crippen molar-refractivity contribution in [2.75, 3.05) is 7.11 Å². The van der Waals surface area contributed by atoms with E-state index in [0.717, 1.165) is 28.9 Å². The van der Waals surface area contributed by atoms with Crippen LogP contribution in [0.2, 0.25) is 0 Å². The average molecular weight is 235 g/mol. The Morgan fingerprint density at radius 3 is 2.53 bits per heavy atom. The average Bonchev–Trinajstić information content (AvgIpc) is 2.31. The molecule has 3 nitrogen and oxygen atoms in total. The Balaban J connectivity index is 2.98. The Morgan fingerprint density at radius 1 is 1.35 bits per heavy atom. The van der Waals surface area contributed by atoms with Gasteiger partial charge in [0.25, 0.3) is 5.91 Å². The fourth-order valence-electron chi connectivity index (χ4n) is 1.66. The first-order chi connectivity index (χ1) is 7.99. The number of rotatable bonds is 4. The summed E-state index contributed by atoms with van der Waals surface area (Å²) in [5.74, 6) is 0.810. The number of carbonyl (C=O) groups is 1. The van der Waals surface area contributed by atoms with Crippen molar-refractivity contribution in [3.05, 3.63) is 28.8 Å². The lowest BCUT2D eigenvalue weighted by atomic mass is 10.0. The number of nitrogens with one attached hydrogen (secondary N) is 1. The fourth-order valence-corrected chi connectivity index (χ4v) is 1.66. The Labute approximate surface area is 103 Å². The molecule has 1 rings (SSSR count). The Hall–Kier alpha value is -1.51. The molecule has 1 N–H and O–H groups in total. The molecule has 0 bridgehead atoms. The first kappa shape index (κ1) is 13.6. The molecule has 0 heterocycles. The highest BCUT2D eigenvalue weighted by Crippen LogP contribution is 2.22. The highest BCUT2D eigenvalue weighted by Gasteiger charge is 2.13. The standard InChI is InChI=1S/C14H21NO2/c1-6-11(4)15-14(16)12-7-10(3)13(17-5)8-9(12)2/h7-8,11H,6H2,1-5H3,(H,15,16). The van der Waals surface area contributed by atoms with E-state index < -0.39 is 0 Å². The van der Waals surface area contributed by atoms with Crippen molar-refractivity contribution in [2.45, 2.75) is 40.2 Å². The van der Waals surface area contributed by atoms with Gasteiger partial charge in [-0.05, 0) is 50.5 Å². The number of aryl methyl sites for hydroxylation is 2. The first-order valence-electron chi connectivity index (χ1n) is 5.95. The number of hydrogen-bond donors (Lipinski definition) is 1. The number of hydrogen-bond acceptors (Lipinski definition) is 2. The predicted octanol–water partition coefficient (Wildman–Crippen LogP) is 2.84. The van der Waals surface area contributed by atoms with E-state index in [4.69, 9.17) is 4.74 Å². The molecule has 0 saturated carbocycles. The molecule has 0 fully saturated rings. The summed E-state index contributed by atoms with van der Waals surface area (Å²) in [6.07, 6.45) is 0.930. The van der Waals surface area contributed by atoms with Gasteiger partial charge < -0.3 is 10.1 Å². The lowest BCUT2D eigenvalue weighted by molar-refractivity contribution is 0.0938. The van der Waals surface area contributed by atoms with Crippen molar-refractivity contribution in [1.29, 1.82) is 0 Å². The van der Waals surface area contributed by atoms with Crippen LogP contribution in [0.1, 0.15) is 41.8 Å². The second-order valence-electron chi connectivity index (χ2n) is 4.42. The van der Waals surface area contributed by atoms with Gasteiger partial charge in [-0.25, -0.2) is 0 Å². The van der Waals surface area contributed by atoms with Crippen molar-refractivity contribution in [2.24, 2.45) is 0 Å². The minimum atomic E-state index is -0.0115. The van der Waals surface area contributed by atoms with Gasteiger partial charge in [-0.1, -0.05) is 6.92 Å². The highest BCUT2D eigenvalue weighted by molar-refractivity contribution is 5.96. The van der Waals surface area contributed by atoms with Crippen LogP contribution in [-0.4, -0.2) is 19.1 Å². The largest absolute Gasteiger partial charge is 0.496 e. The Kier molecular flexibility index (Phi) is 4.55. The van der Waals surface area contributed by atoms with Gasteiger partial charge >= 0.3 is 0 Å². The molecule has 94 valence electrons. The second-order valence-corrected chi connectivity index (χ2v) is 4.42. The van der Waals surface area contributed by atoms with E-state index in [1.165, 1.54) is 0 Å². The lowest BCUT2D eigenvalue weighted by Gasteiger charge is -2.14. The Bertz CT molecular complexity index is 413. The van der Waals surface area contributed by atoms with Gasteiger partial charge in [-0.2, -0.15) is 0 Å². The molecule has 1 atom stereocenters. The smallest absolute Gasteiger partial charge is 0.251 e. The topological polar surface area (TPSA) is 38.3 Å². The van der Waals surface area contributed by atoms with Crippen molar-refractivity contribution in [1.82, 2.24) is 5.32 Å². The van der Waals surface area contributed by atoms with Crippen LogP contribution in [0, 0.1) is 13.8 Å². The molecule has 0 radical (unpaired) electrons. The van der Waals surface area contributed by atoms with E-state index in [0.29, 0.717) is 0 Å². The molecular formula is C14H21NO2. The number of amides is 1. The van der Waals surface area contributed by atoms with Crippen LogP contribution >= 0.6 is 0 Å². The lowest BCUT2D eigenvalue weighted by Crippen LogP contribution is -2.32. The molecule has 1 aromatic carbocycles. The predicted molar refractivity (Wildman–Crippen MR) is 69.7 cm³/mol. The Morgan fingerprint density at radius 2 is 2.00 bits per heavy atom. The molecule has 0 spiro atoms. The van der Waals surface area contributed by atoms with E-state index in [1.807, 2.05) is 32.9 Å². The maximum Gasteiger partial charge on any atom is 0.251 e. The van der Waals surface area contributed by atoms with E-state index in [2.05, 4.69) is 12.2 Å². The summed E-state index contributed by atoms with van der Waals surface area (Å²) >= 11 is 0. The zero-order chi connectivity index (χ0) is 13.0. The quantitative estimate of drug-likeness (QED) is 0.871. The molecule has 3 heteroatoms. The normalized spacial score (nSPS) is 12.1. The second kappa shape index (κ2) is 5.71.